The summed E-state index contributed by atoms with van der Waals surface area (Å²) in [7, 11) is 0. The monoisotopic (exact) mass is 239 g/mol. The van der Waals surface area contributed by atoms with E-state index in [1.807, 2.05) is 36.4 Å². The largest absolute Gasteiger partial charge is 0.383 e. The number of aryl methyl sites for hydroxylation is 1. The van der Waals surface area contributed by atoms with Gasteiger partial charge in [0.05, 0.1) is 12.2 Å². The number of benzene rings is 1. The molecule has 0 amide bonds. The predicted octanol–water partition coefficient (Wildman–Crippen LogP) is 2.55. The highest BCUT2D eigenvalue weighted by atomic mass is 14.9. The second kappa shape index (κ2) is 5.96. The van der Waals surface area contributed by atoms with E-state index >= 15 is 0 Å². The van der Waals surface area contributed by atoms with Gasteiger partial charge in [-0.05, 0) is 18.1 Å². The van der Waals surface area contributed by atoms with Crippen molar-refractivity contribution in [1.29, 1.82) is 0 Å². The summed E-state index contributed by atoms with van der Waals surface area (Å²) in [5.74, 6) is 0.559. The summed E-state index contributed by atoms with van der Waals surface area (Å²) < 4.78 is 0. The molecule has 18 heavy (non-hydrogen) atoms. The minimum absolute atomic E-state index is 0.532. The molecule has 0 unspecified atom stereocenters. The summed E-state index contributed by atoms with van der Waals surface area (Å²) >= 11 is 0. The molecule has 3 heteroatoms. The molecule has 0 saturated heterocycles. The van der Waals surface area contributed by atoms with Crippen LogP contribution in [0.5, 0.6) is 0 Å². The summed E-state index contributed by atoms with van der Waals surface area (Å²) in [6, 6.07) is 13.8. The van der Waals surface area contributed by atoms with E-state index < -0.39 is 0 Å². The lowest BCUT2D eigenvalue weighted by Gasteiger charge is -2.04. The van der Waals surface area contributed by atoms with E-state index in [1.165, 1.54) is 5.56 Å². The maximum Gasteiger partial charge on any atom is 0.126 e. The van der Waals surface area contributed by atoms with Crippen LogP contribution in [0.25, 0.3) is 0 Å². The van der Waals surface area contributed by atoms with Crippen LogP contribution in [0.4, 0.5) is 0 Å². The van der Waals surface area contributed by atoms with Gasteiger partial charge in [-0.25, -0.2) is 0 Å². The molecule has 0 atom stereocenters. The third kappa shape index (κ3) is 2.94. The van der Waals surface area contributed by atoms with Crippen LogP contribution in [0.1, 0.15) is 23.7 Å². The summed E-state index contributed by atoms with van der Waals surface area (Å²) in [6.07, 6.45) is 2.76. The highest BCUT2D eigenvalue weighted by molar-refractivity contribution is 5.97. The Morgan fingerprint density at radius 3 is 2.67 bits per heavy atom. The van der Waals surface area contributed by atoms with Gasteiger partial charge in [-0.1, -0.05) is 43.3 Å². The Bertz CT molecular complexity index is 532. The zero-order valence-corrected chi connectivity index (χ0v) is 10.5. The normalized spacial score (nSPS) is 11.5. The summed E-state index contributed by atoms with van der Waals surface area (Å²) in [5, 5.41) is 0. The first-order valence-corrected chi connectivity index (χ1v) is 6.09. The average molecular weight is 239 g/mol. The Morgan fingerprint density at radius 1 is 1.17 bits per heavy atom. The van der Waals surface area contributed by atoms with Crippen LogP contribution in [0, 0.1) is 0 Å². The smallest absolute Gasteiger partial charge is 0.126 e. The molecule has 92 valence electrons. The molecule has 0 aliphatic rings. The third-order valence-electron chi connectivity index (χ3n) is 2.83. The maximum absolute atomic E-state index is 5.96. The van der Waals surface area contributed by atoms with E-state index in [2.05, 4.69) is 23.0 Å². The average Bonchev–Trinajstić information content (AvgIpc) is 2.46. The second-order valence-corrected chi connectivity index (χ2v) is 4.03. The molecule has 0 radical (unpaired) electrons. The predicted molar refractivity (Wildman–Crippen MR) is 74.5 cm³/mol. The summed E-state index contributed by atoms with van der Waals surface area (Å²) in [5.41, 5.74) is 9.13. The van der Waals surface area contributed by atoms with Gasteiger partial charge in [0.1, 0.15) is 5.84 Å². The van der Waals surface area contributed by atoms with Gasteiger partial charge in [0.2, 0.25) is 0 Å². The Labute approximate surface area is 107 Å². The standard InChI is InChI=1S/C15H17N3/c1-2-12-9-6-10-17-14(12)11-18-15(16)13-7-4-3-5-8-13/h3-10H,2,11H2,1H3,(H2,16,18). The molecule has 0 aliphatic heterocycles. The Hall–Kier alpha value is -2.16. The molecule has 0 saturated carbocycles. The van der Waals surface area contributed by atoms with Gasteiger partial charge in [0.25, 0.3) is 0 Å². The van der Waals surface area contributed by atoms with Gasteiger partial charge >= 0.3 is 0 Å². The van der Waals surface area contributed by atoms with Crippen molar-refractivity contribution in [3.63, 3.8) is 0 Å². The van der Waals surface area contributed by atoms with Crippen LogP contribution in [-0.4, -0.2) is 10.8 Å². The van der Waals surface area contributed by atoms with Gasteiger partial charge < -0.3 is 5.73 Å². The van der Waals surface area contributed by atoms with Crippen molar-refractivity contribution in [2.24, 2.45) is 10.7 Å². The third-order valence-corrected chi connectivity index (χ3v) is 2.83. The number of nitrogens with two attached hydrogens (primary N) is 1. The van der Waals surface area contributed by atoms with Crippen molar-refractivity contribution >= 4 is 5.84 Å². The second-order valence-electron chi connectivity index (χ2n) is 4.03. The fourth-order valence-electron chi connectivity index (χ4n) is 1.80. The van der Waals surface area contributed by atoms with Gasteiger partial charge in [0.15, 0.2) is 0 Å². The van der Waals surface area contributed by atoms with E-state index in [-0.39, 0.29) is 0 Å². The molecular weight excluding hydrogens is 222 g/mol. The van der Waals surface area contributed by atoms with Gasteiger partial charge in [-0.2, -0.15) is 0 Å². The van der Waals surface area contributed by atoms with Crippen LogP contribution >= 0.6 is 0 Å². The Kier molecular flexibility index (Phi) is 4.07. The van der Waals surface area contributed by atoms with Crippen LogP contribution < -0.4 is 5.73 Å². The lowest BCUT2D eigenvalue weighted by Crippen LogP contribution is -2.13. The van der Waals surface area contributed by atoms with Crippen molar-refractivity contribution in [2.45, 2.75) is 19.9 Å². The topological polar surface area (TPSA) is 51.3 Å². The van der Waals surface area contributed by atoms with Crippen molar-refractivity contribution in [3.8, 4) is 0 Å². The van der Waals surface area contributed by atoms with Crippen molar-refractivity contribution < 1.29 is 0 Å². The summed E-state index contributed by atoms with van der Waals surface area (Å²) in [6.45, 7) is 2.65. The number of nitrogens with zero attached hydrogens (tertiary/aromatic N) is 2. The van der Waals surface area contributed by atoms with E-state index in [0.29, 0.717) is 12.4 Å². The zero-order valence-electron chi connectivity index (χ0n) is 10.5. The number of rotatable bonds is 4. The molecule has 1 aromatic carbocycles. The van der Waals surface area contributed by atoms with Crippen LogP contribution in [-0.2, 0) is 13.0 Å². The van der Waals surface area contributed by atoms with Gasteiger partial charge in [-0.3, -0.25) is 9.98 Å². The molecule has 2 N–H and O–H groups in total. The molecule has 2 aromatic rings. The highest BCUT2D eigenvalue weighted by Crippen LogP contribution is 2.08. The highest BCUT2D eigenvalue weighted by Gasteiger charge is 2.01. The quantitative estimate of drug-likeness (QED) is 0.658. The van der Waals surface area contributed by atoms with E-state index in [1.54, 1.807) is 6.20 Å². The van der Waals surface area contributed by atoms with Crippen molar-refractivity contribution in [1.82, 2.24) is 4.98 Å². The van der Waals surface area contributed by atoms with E-state index in [4.69, 9.17) is 5.73 Å². The number of aromatic nitrogens is 1. The molecule has 1 aromatic heterocycles. The number of hydrogen-bond acceptors (Lipinski definition) is 2. The number of hydrogen-bond donors (Lipinski definition) is 1. The lowest BCUT2D eigenvalue weighted by atomic mass is 10.1. The molecular formula is C15H17N3. The first-order valence-electron chi connectivity index (χ1n) is 6.09. The number of pyridine rings is 1. The molecule has 0 spiro atoms. The summed E-state index contributed by atoms with van der Waals surface area (Å²) in [4.78, 5) is 8.76. The first-order chi connectivity index (χ1) is 8.81. The molecule has 0 aliphatic carbocycles. The SMILES string of the molecule is CCc1cccnc1CN=C(N)c1ccccc1. The Morgan fingerprint density at radius 2 is 1.94 bits per heavy atom. The van der Waals surface area contributed by atoms with Crippen LogP contribution in [0.15, 0.2) is 53.7 Å². The Balaban J connectivity index is 2.15. The first kappa shape index (κ1) is 12.3. The van der Waals surface area contributed by atoms with E-state index in [0.717, 1.165) is 17.7 Å². The maximum atomic E-state index is 5.96. The van der Waals surface area contributed by atoms with Crippen molar-refractivity contribution in [2.75, 3.05) is 0 Å². The fourth-order valence-corrected chi connectivity index (χ4v) is 1.80. The molecule has 1 heterocycles. The minimum atomic E-state index is 0.532. The minimum Gasteiger partial charge on any atom is -0.383 e. The molecule has 3 nitrogen and oxygen atoms in total. The number of amidine groups is 1. The van der Waals surface area contributed by atoms with Crippen LogP contribution in [0.2, 0.25) is 0 Å². The molecule has 0 fully saturated rings. The lowest BCUT2D eigenvalue weighted by molar-refractivity contribution is 0.934. The van der Waals surface area contributed by atoms with Crippen molar-refractivity contribution in [3.05, 3.63) is 65.5 Å². The van der Waals surface area contributed by atoms with Gasteiger partial charge in [-0.15, -0.1) is 0 Å². The van der Waals surface area contributed by atoms with E-state index in [9.17, 15) is 0 Å². The van der Waals surface area contributed by atoms with Gasteiger partial charge in [0, 0.05) is 11.8 Å². The molecule has 0 bridgehead atoms. The number of aliphatic imine (C=N–C) groups is 1. The van der Waals surface area contributed by atoms with Crippen LogP contribution in [0.3, 0.4) is 0 Å². The fraction of sp³-hybridized carbons (Fsp3) is 0.200. The molecule has 2 rings (SSSR count). The zero-order chi connectivity index (χ0) is 12.8.